The lowest BCUT2D eigenvalue weighted by Crippen LogP contribution is -1.99. The van der Waals surface area contributed by atoms with E-state index in [1.165, 1.54) is 21.3 Å². The van der Waals surface area contributed by atoms with Crippen LogP contribution >= 0.6 is 11.6 Å². The van der Waals surface area contributed by atoms with Crippen molar-refractivity contribution in [1.29, 1.82) is 0 Å². The average molecular weight is 233 g/mol. The predicted octanol–water partition coefficient (Wildman–Crippen LogP) is 1.86. The fraction of sp³-hybridized carbons (Fsp3) is 0.400. The molecule has 0 unspecified atom stereocenters. The summed E-state index contributed by atoms with van der Waals surface area (Å²) in [4.78, 5) is 0. The van der Waals surface area contributed by atoms with Gasteiger partial charge < -0.3 is 19.3 Å². The van der Waals surface area contributed by atoms with E-state index in [9.17, 15) is 5.11 Å². The molecule has 0 aliphatic rings. The molecule has 0 aliphatic carbocycles. The van der Waals surface area contributed by atoms with Crippen molar-refractivity contribution < 1.29 is 19.3 Å². The maximum atomic E-state index is 9.19. The van der Waals surface area contributed by atoms with Crippen molar-refractivity contribution in [3.05, 3.63) is 16.7 Å². The molecule has 4 nitrogen and oxygen atoms in total. The fourth-order valence-electron chi connectivity index (χ4n) is 1.31. The van der Waals surface area contributed by atoms with Crippen LogP contribution < -0.4 is 14.2 Å². The Bertz CT molecular complexity index is 352. The quantitative estimate of drug-likeness (QED) is 0.861. The first-order chi connectivity index (χ1) is 7.19. The van der Waals surface area contributed by atoms with E-state index < -0.39 is 0 Å². The van der Waals surface area contributed by atoms with Crippen LogP contribution in [0.5, 0.6) is 17.2 Å². The molecule has 84 valence electrons. The van der Waals surface area contributed by atoms with Crippen molar-refractivity contribution in [3.8, 4) is 17.2 Å². The van der Waals surface area contributed by atoms with Gasteiger partial charge in [-0.2, -0.15) is 0 Å². The van der Waals surface area contributed by atoms with Crippen molar-refractivity contribution in [1.82, 2.24) is 0 Å². The highest BCUT2D eigenvalue weighted by Crippen LogP contribution is 2.42. The van der Waals surface area contributed by atoms with Gasteiger partial charge in [-0.05, 0) is 0 Å². The lowest BCUT2D eigenvalue weighted by atomic mass is 10.1. The normalized spacial score (nSPS) is 9.93. The summed E-state index contributed by atoms with van der Waals surface area (Å²) in [5, 5.41) is 9.53. The molecular formula is C10H13ClO4. The van der Waals surface area contributed by atoms with Crippen molar-refractivity contribution in [3.63, 3.8) is 0 Å². The number of halogens is 1. The van der Waals surface area contributed by atoms with Crippen LogP contribution in [0.4, 0.5) is 0 Å². The second-order valence-electron chi connectivity index (χ2n) is 2.76. The van der Waals surface area contributed by atoms with Crippen LogP contribution in [0.2, 0.25) is 5.02 Å². The van der Waals surface area contributed by atoms with Gasteiger partial charge in [0.05, 0.1) is 33.0 Å². The molecule has 0 heterocycles. The highest BCUT2D eigenvalue weighted by Gasteiger charge is 2.18. The van der Waals surface area contributed by atoms with E-state index in [1.54, 1.807) is 6.07 Å². The van der Waals surface area contributed by atoms with E-state index in [-0.39, 0.29) is 6.61 Å². The molecule has 1 N–H and O–H groups in total. The third-order valence-corrected chi connectivity index (χ3v) is 2.46. The Kier molecular flexibility index (Phi) is 4.05. The lowest BCUT2D eigenvalue weighted by Gasteiger charge is -2.15. The molecular weight excluding hydrogens is 220 g/mol. The Morgan fingerprint density at radius 2 is 1.73 bits per heavy atom. The highest BCUT2D eigenvalue weighted by atomic mass is 35.5. The van der Waals surface area contributed by atoms with E-state index in [1.807, 2.05) is 0 Å². The fourth-order valence-corrected chi connectivity index (χ4v) is 1.59. The van der Waals surface area contributed by atoms with E-state index in [0.717, 1.165) is 0 Å². The van der Waals surface area contributed by atoms with Gasteiger partial charge in [-0.3, -0.25) is 0 Å². The molecule has 0 atom stereocenters. The predicted molar refractivity (Wildman–Crippen MR) is 57.0 cm³/mol. The molecule has 1 aromatic carbocycles. The molecule has 0 amide bonds. The Balaban J connectivity index is 3.43. The van der Waals surface area contributed by atoms with Gasteiger partial charge in [0, 0.05) is 11.6 Å². The first-order valence-electron chi connectivity index (χ1n) is 4.27. The summed E-state index contributed by atoms with van der Waals surface area (Å²) in [7, 11) is 4.49. The third-order valence-electron chi connectivity index (χ3n) is 2.04. The zero-order valence-electron chi connectivity index (χ0n) is 8.83. The van der Waals surface area contributed by atoms with Gasteiger partial charge in [-0.1, -0.05) is 11.6 Å². The lowest BCUT2D eigenvalue weighted by molar-refractivity contribution is 0.268. The number of rotatable bonds is 4. The monoisotopic (exact) mass is 232 g/mol. The van der Waals surface area contributed by atoms with Crippen LogP contribution in [-0.4, -0.2) is 26.4 Å². The Morgan fingerprint density at radius 1 is 1.13 bits per heavy atom. The van der Waals surface area contributed by atoms with Gasteiger partial charge in [0.1, 0.15) is 5.75 Å². The maximum absolute atomic E-state index is 9.19. The molecule has 0 fully saturated rings. The molecule has 1 aromatic rings. The average Bonchev–Trinajstić information content (AvgIpc) is 2.28. The van der Waals surface area contributed by atoms with E-state index in [2.05, 4.69) is 0 Å². The van der Waals surface area contributed by atoms with E-state index in [4.69, 9.17) is 25.8 Å². The second-order valence-corrected chi connectivity index (χ2v) is 3.14. The number of aliphatic hydroxyl groups excluding tert-OH is 1. The summed E-state index contributed by atoms with van der Waals surface area (Å²) in [6.45, 7) is -0.241. The van der Waals surface area contributed by atoms with Gasteiger partial charge in [-0.25, -0.2) is 0 Å². The van der Waals surface area contributed by atoms with Gasteiger partial charge in [0.2, 0.25) is 0 Å². The summed E-state index contributed by atoms with van der Waals surface area (Å²) >= 11 is 6.00. The second kappa shape index (κ2) is 5.09. The molecule has 1 rings (SSSR count). The third kappa shape index (κ3) is 2.11. The van der Waals surface area contributed by atoms with Gasteiger partial charge in [0.15, 0.2) is 11.5 Å². The minimum absolute atomic E-state index is 0.241. The standard InChI is InChI=1S/C10H13ClO4/c1-13-7-4-8(14-2)10(15-3)6(5-12)9(7)11/h4,12H,5H2,1-3H3. The molecule has 0 aliphatic heterocycles. The maximum Gasteiger partial charge on any atom is 0.167 e. The summed E-state index contributed by atoms with van der Waals surface area (Å²) in [6.07, 6.45) is 0. The van der Waals surface area contributed by atoms with Crippen molar-refractivity contribution in [2.24, 2.45) is 0 Å². The Morgan fingerprint density at radius 3 is 2.13 bits per heavy atom. The van der Waals surface area contributed by atoms with Gasteiger partial charge in [0.25, 0.3) is 0 Å². The minimum atomic E-state index is -0.241. The molecule has 0 bridgehead atoms. The molecule has 0 saturated carbocycles. The van der Waals surface area contributed by atoms with E-state index in [0.29, 0.717) is 27.8 Å². The smallest absolute Gasteiger partial charge is 0.167 e. The van der Waals surface area contributed by atoms with Crippen LogP contribution in [0, 0.1) is 0 Å². The molecule has 0 saturated heterocycles. The number of methoxy groups -OCH3 is 3. The highest BCUT2D eigenvalue weighted by molar-refractivity contribution is 6.33. The van der Waals surface area contributed by atoms with Gasteiger partial charge >= 0.3 is 0 Å². The number of ether oxygens (including phenoxy) is 3. The largest absolute Gasteiger partial charge is 0.495 e. The molecule has 0 spiro atoms. The van der Waals surface area contributed by atoms with Crippen LogP contribution in [0.15, 0.2) is 6.07 Å². The topological polar surface area (TPSA) is 47.9 Å². The van der Waals surface area contributed by atoms with Crippen LogP contribution in [-0.2, 0) is 6.61 Å². The summed E-state index contributed by atoms with van der Waals surface area (Å²) in [5.41, 5.74) is 0.454. The van der Waals surface area contributed by atoms with Crippen LogP contribution in [0.25, 0.3) is 0 Å². The van der Waals surface area contributed by atoms with Gasteiger partial charge in [-0.15, -0.1) is 0 Å². The summed E-state index contributed by atoms with van der Waals surface area (Å²) < 4.78 is 15.3. The molecule has 0 aromatic heterocycles. The minimum Gasteiger partial charge on any atom is -0.495 e. The Hall–Kier alpha value is -1.13. The molecule has 15 heavy (non-hydrogen) atoms. The van der Waals surface area contributed by atoms with Crippen LogP contribution in [0.1, 0.15) is 5.56 Å². The molecule has 0 radical (unpaired) electrons. The first-order valence-corrected chi connectivity index (χ1v) is 4.65. The first kappa shape index (κ1) is 11.9. The van der Waals surface area contributed by atoms with Crippen molar-refractivity contribution in [2.45, 2.75) is 6.61 Å². The van der Waals surface area contributed by atoms with Crippen molar-refractivity contribution >= 4 is 11.6 Å². The van der Waals surface area contributed by atoms with E-state index >= 15 is 0 Å². The number of hydrogen-bond donors (Lipinski definition) is 1. The van der Waals surface area contributed by atoms with Crippen molar-refractivity contribution in [2.75, 3.05) is 21.3 Å². The Labute approximate surface area is 93.3 Å². The van der Waals surface area contributed by atoms with Crippen LogP contribution in [0.3, 0.4) is 0 Å². The summed E-state index contributed by atoms with van der Waals surface area (Å²) in [5.74, 6) is 1.34. The zero-order chi connectivity index (χ0) is 11.4. The molecule has 5 heteroatoms. The number of benzene rings is 1. The summed E-state index contributed by atoms with van der Waals surface area (Å²) in [6, 6.07) is 1.61. The number of aliphatic hydroxyl groups is 1. The zero-order valence-corrected chi connectivity index (χ0v) is 9.59. The number of hydrogen-bond acceptors (Lipinski definition) is 4. The SMILES string of the molecule is COc1cc(OC)c(OC)c(CO)c1Cl.